The molecule has 3 amide bonds. The highest BCUT2D eigenvalue weighted by Crippen LogP contribution is 2.40. The Morgan fingerprint density at radius 2 is 2.05 bits per heavy atom. The summed E-state index contributed by atoms with van der Waals surface area (Å²) in [6.07, 6.45) is 3.76. The normalized spacial score (nSPS) is 16.0. The van der Waals surface area contributed by atoms with E-state index in [0.717, 1.165) is 42.5 Å². The molecule has 0 aromatic carbocycles. The number of imide groups is 1. The fourth-order valence-corrected chi connectivity index (χ4v) is 3.90. The molecule has 0 aliphatic heterocycles. The Morgan fingerprint density at radius 1 is 1.27 bits per heavy atom. The Kier molecular flexibility index (Phi) is 4.15. The zero-order valence-corrected chi connectivity index (χ0v) is 13.2. The van der Waals surface area contributed by atoms with Gasteiger partial charge in [0.1, 0.15) is 5.00 Å². The second-order valence-corrected chi connectivity index (χ2v) is 6.60. The third-order valence-corrected chi connectivity index (χ3v) is 5.03. The second kappa shape index (κ2) is 6.08. The van der Waals surface area contributed by atoms with Gasteiger partial charge in [-0.1, -0.05) is 0 Å². The highest BCUT2D eigenvalue weighted by atomic mass is 32.1. The maximum absolute atomic E-state index is 12.4. The standard InChI is InChI=1S/C15H18N2O4S/c1-2-21-15(20)17-13(19)11-9-4-3-5-10(9)22-14(11)16-12(18)8-6-7-8/h8H,2-7H2,1H3,(H,16,18)(H,17,19,20). The van der Waals surface area contributed by atoms with Crippen molar-refractivity contribution in [3.8, 4) is 0 Å². The molecule has 0 unspecified atom stereocenters. The molecule has 1 aromatic rings. The van der Waals surface area contributed by atoms with Crippen LogP contribution in [0.25, 0.3) is 0 Å². The minimum absolute atomic E-state index is 0.0369. The van der Waals surface area contributed by atoms with Crippen LogP contribution in [0.5, 0.6) is 0 Å². The maximum Gasteiger partial charge on any atom is 0.414 e. The van der Waals surface area contributed by atoms with E-state index in [1.54, 1.807) is 6.92 Å². The highest BCUT2D eigenvalue weighted by molar-refractivity contribution is 7.17. The van der Waals surface area contributed by atoms with Crippen LogP contribution in [0.4, 0.5) is 9.80 Å². The third kappa shape index (κ3) is 2.99. The molecule has 1 aromatic heterocycles. The molecule has 1 heterocycles. The van der Waals surface area contributed by atoms with E-state index >= 15 is 0 Å². The first kappa shape index (κ1) is 15.0. The van der Waals surface area contributed by atoms with Gasteiger partial charge in [-0.25, -0.2) is 4.79 Å². The van der Waals surface area contributed by atoms with E-state index in [1.165, 1.54) is 11.3 Å². The van der Waals surface area contributed by atoms with E-state index in [2.05, 4.69) is 10.6 Å². The Hall–Kier alpha value is -1.89. The van der Waals surface area contributed by atoms with E-state index in [4.69, 9.17) is 4.74 Å². The van der Waals surface area contributed by atoms with Crippen LogP contribution in [0.3, 0.4) is 0 Å². The fourth-order valence-electron chi connectivity index (χ4n) is 2.61. The van der Waals surface area contributed by atoms with Crippen LogP contribution in [0.15, 0.2) is 0 Å². The number of hydrogen-bond donors (Lipinski definition) is 2. The zero-order chi connectivity index (χ0) is 15.7. The number of hydrogen-bond acceptors (Lipinski definition) is 5. The number of anilines is 1. The molecule has 22 heavy (non-hydrogen) atoms. The molecule has 2 aliphatic carbocycles. The Morgan fingerprint density at radius 3 is 2.73 bits per heavy atom. The summed E-state index contributed by atoms with van der Waals surface area (Å²) in [7, 11) is 0. The predicted octanol–water partition coefficient (Wildman–Crippen LogP) is 2.47. The minimum Gasteiger partial charge on any atom is -0.450 e. The molecule has 0 spiro atoms. The van der Waals surface area contributed by atoms with Gasteiger partial charge in [-0.05, 0) is 44.6 Å². The lowest BCUT2D eigenvalue weighted by Gasteiger charge is -2.08. The first-order valence-corrected chi connectivity index (χ1v) is 8.35. The number of ether oxygens (including phenoxy) is 1. The van der Waals surface area contributed by atoms with Gasteiger partial charge in [-0.2, -0.15) is 0 Å². The molecular formula is C15H18N2O4S. The van der Waals surface area contributed by atoms with Gasteiger partial charge in [-0.15, -0.1) is 11.3 Å². The number of fused-ring (bicyclic) bond motifs is 1. The first-order chi connectivity index (χ1) is 10.6. The molecule has 6 nitrogen and oxygen atoms in total. The number of alkyl carbamates (subject to hydrolysis) is 1. The summed E-state index contributed by atoms with van der Waals surface area (Å²) in [5.74, 6) is -0.466. The van der Waals surface area contributed by atoms with Crippen LogP contribution in [0.2, 0.25) is 0 Å². The molecule has 7 heteroatoms. The summed E-state index contributed by atoms with van der Waals surface area (Å²) in [5.41, 5.74) is 1.39. The highest BCUT2D eigenvalue weighted by Gasteiger charge is 2.33. The fraction of sp³-hybridized carbons (Fsp3) is 0.533. The molecule has 1 saturated carbocycles. The van der Waals surface area contributed by atoms with Crippen molar-refractivity contribution in [3.63, 3.8) is 0 Å². The molecule has 0 radical (unpaired) electrons. The minimum atomic E-state index is -0.759. The van der Waals surface area contributed by atoms with Gasteiger partial charge in [0, 0.05) is 10.8 Å². The Bertz CT molecular complexity index is 634. The summed E-state index contributed by atoms with van der Waals surface area (Å²) in [6, 6.07) is 0. The van der Waals surface area contributed by atoms with Crippen molar-refractivity contribution in [1.82, 2.24) is 5.32 Å². The van der Waals surface area contributed by atoms with Gasteiger partial charge in [0.05, 0.1) is 12.2 Å². The molecule has 118 valence electrons. The lowest BCUT2D eigenvalue weighted by atomic mass is 10.1. The van der Waals surface area contributed by atoms with E-state index in [-0.39, 0.29) is 18.4 Å². The number of carbonyl (C=O) groups excluding carboxylic acids is 3. The number of carbonyl (C=O) groups is 3. The predicted molar refractivity (Wildman–Crippen MR) is 82.2 cm³/mol. The summed E-state index contributed by atoms with van der Waals surface area (Å²) < 4.78 is 4.74. The third-order valence-electron chi connectivity index (χ3n) is 3.82. The van der Waals surface area contributed by atoms with Gasteiger partial charge >= 0.3 is 6.09 Å². The first-order valence-electron chi connectivity index (χ1n) is 7.53. The monoisotopic (exact) mass is 322 g/mol. The molecule has 0 bridgehead atoms. The van der Waals surface area contributed by atoms with Crippen LogP contribution in [-0.4, -0.2) is 24.5 Å². The summed E-state index contributed by atoms with van der Waals surface area (Å²) >= 11 is 1.45. The number of thiophene rings is 1. The number of amides is 3. The Balaban J connectivity index is 1.82. The van der Waals surface area contributed by atoms with Crippen molar-refractivity contribution in [2.45, 2.75) is 39.0 Å². The van der Waals surface area contributed by atoms with Crippen molar-refractivity contribution >= 4 is 34.2 Å². The SMILES string of the molecule is CCOC(=O)NC(=O)c1c(NC(=O)C2CC2)sc2c1CCC2. The molecular weight excluding hydrogens is 304 g/mol. The van der Waals surface area contributed by atoms with Gasteiger partial charge in [0.15, 0.2) is 0 Å². The molecule has 0 saturated heterocycles. The van der Waals surface area contributed by atoms with Crippen LogP contribution >= 0.6 is 11.3 Å². The van der Waals surface area contributed by atoms with Crippen molar-refractivity contribution in [3.05, 3.63) is 16.0 Å². The van der Waals surface area contributed by atoms with E-state index in [9.17, 15) is 14.4 Å². The largest absolute Gasteiger partial charge is 0.450 e. The van der Waals surface area contributed by atoms with Crippen LogP contribution in [0, 0.1) is 5.92 Å². The molecule has 1 fully saturated rings. The van der Waals surface area contributed by atoms with Crippen LogP contribution in [-0.2, 0) is 22.4 Å². The van der Waals surface area contributed by atoms with Crippen LogP contribution in [0.1, 0.15) is 47.0 Å². The van der Waals surface area contributed by atoms with Crippen molar-refractivity contribution in [2.75, 3.05) is 11.9 Å². The lowest BCUT2D eigenvalue weighted by molar-refractivity contribution is -0.117. The molecule has 2 aliphatic rings. The van der Waals surface area contributed by atoms with Gasteiger partial charge in [-0.3, -0.25) is 14.9 Å². The van der Waals surface area contributed by atoms with Gasteiger partial charge in [0.2, 0.25) is 5.91 Å². The zero-order valence-electron chi connectivity index (χ0n) is 12.4. The van der Waals surface area contributed by atoms with E-state index in [0.29, 0.717) is 10.6 Å². The average Bonchev–Trinajstić information content (AvgIpc) is 3.12. The maximum atomic E-state index is 12.4. The summed E-state index contributed by atoms with van der Waals surface area (Å²) in [5, 5.41) is 5.64. The van der Waals surface area contributed by atoms with Crippen molar-refractivity contribution in [1.29, 1.82) is 0 Å². The van der Waals surface area contributed by atoms with E-state index < -0.39 is 12.0 Å². The average molecular weight is 322 g/mol. The topological polar surface area (TPSA) is 84.5 Å². The molecule has 3 rings (SSSR count). The second-order valence-electron chi connectivity index (χ2n) is 5.50. The molecule has 0 atom stereocenters. The summed E-state index contributed by atoms with van der Waals surface area (Å²) in [6.45, 7) is 1.87. The summed E-state index contributed by atoms with van der Waals surface area (Å²) in [4.78, 5) is 36.9. The van der Waals surface area contributed by atoms with E-state index in [1.807, 2.05) is 0 Å². The number of aryl methyl sites for hydroxylation is 1. The van der Waals surface area contributed by atoms with Crippen molar-refractivity contribution < 1.29 is 19.1 Å². The van der Waals surface area contributed by atoms with Crippen LogP contribution < -0.4 is 10.6 Å². The molecule has 2 N–H and O–H groups in total. The van der Waals surface area contributed by atoms with Gasteiger partial charge in [0.25, 0.3) is 5.91 Å². The number of rotatable bonds is 4. The van der Waals surface area contributed by atoms with Gasteiger partial charge < -0.3 is 10.1 Å². The Labute approximate surface area is 132 Å². The van der Waals surface area contributed by atoms with Crippen molar-refractivity contribution in [2.24, 2.45) is 5.92 Å². The smallest absolute Gasteiger partial charge is 0.414 e. The number of nitrogens with one attached hydrogen (secondary N) is 2. The quantitative estimate of drug-likeness (QED) is 0.892. The lowest BCUT2D eigenvalue weighted by Crippen LogP contribution is -2.32.